The number of halogens is 2. The molecule has 3 N–H and O–H groups in total. The van der Waals surface area contributed by atoms with Gasteiger partial charge in [0.15, 0.2) is 10.4 Å². The fourth-order valence-corrected chi connectivity index (χ4v) is 5.45. The van der Waals surface area contributed by atoms with Gasteiger partial charge >= 0.3 is 6.61 Å². The zero-order valence-electron chi connectivity index (χ0n) is 21.6. The highest BCUT2D eigenvalue weighted by atomic mass is 32.2. The molecule has 0 aliphatic rings. The second-order valence-electron chi connectivity index (χ2n) is 8.88. The molecule has 0 saturated carbocycles. The van der Waals surface area contributed by atoms with Crippen molar-refractivity contribution in [1.29, 1.82) is 0 Å². The number of thiophene rings is 1. The second-order valence-corrected chi connectivity index (χ2v) is 10.7. The number of nitrogens with one attached hydrogen (secondary N) is 3. The molecule has 3 aromatic heterocycles. The third-order valence-corrected chi connectivity index (χ3v) is 7.49. The van der Waals surface area contributed by atoms with Gasteiger partial charge in [0.05, 0.1) is 39.9 Å². The van der Waals surface area contributed by atoms with Gasteiger partial charge in [-0.25, -0.2) is 9.97 Å². The van der Waals surface area contributed by atoms with Crippen molar-refractivity contribution in [2.45, 2.75) is 6.61 Å². The number of hydrogen-bond donors (Lipinski definition) is 3. The first-order valence-electron chi connectivity index (χ1n) is 11.7. The molecule has 0 fully saturated rings. The fraction of sp³-hybridized carbons (Fsp3) is 0.269. The molecule has 0 spiro atoms. The number of anilines is 4. The average Bonchev–Trinajstić information content (AvgIpc) is 3.48. The topological polar surface area (TPSA) is 98.4 Å². The third-order valence-electron chi connectivity index (χ3n) is 5.87. The van der Waals surface area contributed by atoms with E-state index in [9.17, 15) is 13.6 Å². The van der Waals surface area contributed by atoms with E-state index in [-0.39, 0.29) is 27.9 Å². The molecule has 0 radical (unpaired) electrons. The van der Waals surface area contributed by atoms with E-state index in [0.717, 1.165) is 17.0 Å². The van der Waals surface area contributed by atoms with Crippen LogP contribution < -0.4 is 20.3 Å². The van der Waals surface area contributed by atoms with Crippen molar-refractivity contribution in [3.05, 3.63) is 54.8 Å². The van der Waals surface area contributed by atoms with Crippen molar-refractivity contribution in [1.82, 2.24) is 19.9 Å². The van der Waals surface area contributed by atoms with E-state index in [1.807, 2.05) is 36.3 Å². The van der Waals surface area contributed by atoms with Gasteiger partial charge in [-0.15, -0.1) is 0 Å². The molecule has 12 heteroatoms. The molecule has 38 heavy (non-hydrogen) atoms. The summed E-state index contributed by atoms with van der Waals surface area (Å²) in [6.45, 7) is 1.72. The molecule has 4 rings (SSSR count). The number of alkyl halides is 2. The summed E-state index contributed by atoms with van der Waals surface area (Å²) >= 11 is 0. The maximum Gasteiger partial charge on any atom is 0.387 e. The van der Waals surface area contributed by atoms with E-state index < -0.39 is 12.5 Å². The molecule has 0 saturated heterocycles. The van der Waals surface area contributed by atoms with Gasteiger partial charge < -0.3 is 30.2 Å². The highest BCUT2D eigenvalue weighted by Gasteiger charge is 2.21. The van der Waals surface area contributed by atoms with Gasteiger partial charge in [-0.05, 0) is 42.8 Å². The Morgan fingerprint density at radius 3 is 2.74 bits per heavy atom. The number of H-pyrrole nitrogens is 1. The van der Waals surface area contributed by atoms with Crippen molar-refractivity contribution in [2.24, 2.45) is 6.26 Å². The third kappa shape index (κ3) is 6.09. The first-order valence-corrected chi connectivity index (χ1v) is 13.4. The summed E-state index contributed by atoms with van der Waals surface area (Å²) in [5, 5.41) is 8.98. The van der Waals surface area contributed by atoms with Crippen molar-refractivity contribution < 1.29 is 18.3 Å². The van der Waals surface area contributed by atoms with Crippen LogP contribution in [0.3, 0.4) is 0 Å². The Bertz CT molecular complexity index is 1450. The molecule has 4 aromatic rings. The van der Waals surface area contributed by atoms with Crippen LogP contribution in [-0.4, -0.2) is 66.6 Å². The van der Waals surface area contributed by atoms with Gasteiger partial charge in [0.2, 0.25) is 11.9 Å². The van der Waals surface area contributed by atoms with Crippen LogP contribution in [0.5, 0.6) is 5.75 Å². The first kappa shape index (κ1) is 27.0. The van der Waals surface area contributed by atoms with Crippen molar-refractivity contribution in [3.63, 3.8) is 0 Å². The number of nitrogens with zero attached hydrogens (tertiary/aromatic N) is 4. The minimum atomic E-state index is -3.06. The molecule has 1 unspecified atom stereocenters. The first-order chi connectivity index (χ1) is 18.2. The number of aromatic amines is 1. The van der Waals surface area contributed by atoms with Crippen molar-refractivity contribution in [2.75, 3.05) is 49.8 Å². The van der Waals surface area contributed by atoms with Crippen LogP contribution >= 0.6 is 10.5 Å². The lowest BCUT2D eigenvalue weighted by molar-refractivity contribution is -0.111. The predicted molar refractivity (Wildman–Crippen MR) is 150 cm³/mol. The highest BCUT2D eigenvalue weighted by Crippen LogP contribution is 2.40. The number of rotatable bonds is 11. The number of aromatic nitrogens is 3. The summed E-state index contributed by atoms with van der Waals surface area (Å²) in [6, 6.07) is 4.78. The Kier molecular flexibility index (Phi) is 8.23. The number of carbonyl (C=O) groups is 1. The molecule has 1 amide bonds. The Labute approximate surface area is 222 Å². The normalized spacial score (nSPS) is 11.7. The number of benzene rings is 1. The number of amides is 1. The summed E-state index contributed by atoms with van der Waals surface area (Å²) in [6.07, 6.45) is 8.78. The van der Waals surface area contributed by atoms with Gasteiger partial charge in [0.25, 0.3) is 0 Å². The van der Waals surface area contributed by atoms with Crippen LogP contribution in [0.1, 0.15) is 0 Å². The lowest BCUT2D eigenvalue weighted by Gasteiger charge is -2.26. The summed E-state index contributed by atoms with van der Waals surface area (Å²) < 4.78 is 32.9. The number of ether oxygens (including phenoxy) is 1. The highest BCUT2D eigenvalue weighted by molar-refractivity contribution is 7.34. The van der Waals surface area contributed by atoms with Crippen LogP contribution in [0.15, 0.2) is 54.8 Å². The summed E-state index contributed by atoms with van der Waals surface area (Å²) in [5.74, 6) is -0.359. The van der Waals surface area contributed by atoms with Crippen LogP contribution in [0, 0.1) is 0 Å². The molecular weight excluding hydrogens is 512 g/mol. The number of aryl methyl sites for hydroxylation is 1. The maximum absolute atomic E-state index is 13.4. The Morgan fingerprint density at radius 1 is 1.24 bits per heavy atom. The SMILES string of the molecule is C=CC(=O)Nc1cc(Nc2nccc(-c3c[s+](C)c4c[nH]cc34)n2)c(OC(F)F)cc1N(C)CCN(C)C. The van der Waals surface area contributed by atoms with E-state index in [1.54, 1.807) is 19.3 Å². The van der Waals surface area contributed by atoms with E-state index in [0.29, 0.717) is 30.2 Å². The van der Waals surface area contributed by atoms with E-state index in [1.165, 1.54) is 16.8 Å². The Balaban J connectivity index is 1.74. The second kappa shape index (κ2) is 11.6. The van der Waals surface area contributed by atoms with E-state index in [4.69, 9.17) is 4.74 Å². The van der Waals surface area contributed by atoms with Crippen LogP contribution in [-0.2, 0) is 11.1 Å². The van der Waals surface area contributed by atoms with Gasteiger partial charge in [-0.3, -0.25) is 4.79 Å². The van der Waals surface area contributed by atoms with Crippen molar-refractivity contribution >= 4 is 49.5 Å². The lowest BCUT2D eigenvalue weighted by atomic mass is 10.2. The molecule has 200 valence electrons. The standard InChI is InChI=1S/C26H29F2N7O2S/c1-6-24(36)31-19-11-20(22(37-25(27)28)12-21(19)35(4)10-9-34(2)3)33-26-30-8-7-18(32-26)17-15-38(5)23-14-29-13-16(17)23/h6-8,11-15,25,29H,1,9-10H2,2-5H3,(H-,30,31,32,33,36)/p+1. The van der Waals surface area contributed by atoms with Crippen LogP contribution in [0.25, 0.3) is 21.3 Å². The van der Waals surface area contributed by atoms with Crippen molar-refractivity contribution in [3.8, 4) is 17.0 Å². The molecule has 1 atom stereocenters. The zero-order valence-corrected chi connectivity index (χ0v) is 22.4. The van der Waals surface area contributed by atoms with E-state index >= 15 is 0 Å². The monoisotopic (exact) mass is 542 g/mol. The Morgan fingerprint density at radius 2 is 2.03 bits per heavy atom. The number of carbonyl (C=O) groups excluding carboxylic acids is 1. The molecule has 0 bridgehead atoms. The van der Waals surface area contributed by atoms with E-state index in [2.05, 4.69) is 43.8 Å². The maximum atomic E-state index is 13.4. The van der Waals surface area contributed by atoms with Gasteiger partial charge in [0.1, 0.15) is 11.6 Å². The zero-order chi connectivity index (χ0) is 27.4. The van der Waals surface area contributed by atoms with Gasteiger partial charge in [0, 0.05) is 38.6 Å². The summed E-state index contributed by atoms with van der Waals surface area (Å²) in [7, 11) is 5.61. The lowest BCUT2D eigenvalue weighted by Crippen LogP contribution is -2.29. The molecular formula is C26H30F2N7O2S+. The summed E-state index contributed by atoms with van der Waals surface area (Å²) in [5.41, 5.74) is 2.73. The van der Waals surface area contributed by atoms with Gasteiger partial charge in [-0.2, -0.15) is 8.78 Å². The largest absolute Gasteiger partial charge is 0.433 e. The molecule has 9 nitrogen and oxygen atoms in total. The Hall–Kier alpha value is -4.03. The quantitative estimate of drug-likeness (QED) is 0.173. The number of fused-ring (bicyclic) bond motifs is 1. The van der Waals surface area contributed by atoms with Crippen LogP contribution in [0.4, 0.5) is 31.8 Å². The van der Waals surface area contributed by atoms with Crippen LogP contribution in [0.2, 0.25) is 0 Å². The fourth-order valence-electron chi connectivity index (χ4n) is 3.95. The minimum absolute atomic E-state index is 0.0576. The molecule has 0 aliphatic carbocycles. The minimum Gasteiger partial charge on any atom is -0.433 e. The van der Waals surface area contributed by atoms with Gasteiger partial charge in [-0.1, -0.05) is 6.58 Å². The molecule has 1 aromatic carbocycles. The molecule has 3 heterocycles. The number of hydrogen-bond acceptors (Lipinski definition) is 7. The molecule has 0 aliphatic heterocycles. The summed E-state index contributed by atoms with van der Waals surface area (Å²) in [4.78, 5) is 28.1. The average molecular weight is 543 g/mol. The number of likely N-dealkylation sites (N-methyl/N-ethyl adjacent to an activating group) is 2. The predicted octanol–water partition coefficient (Wildman–Crippen LogP) is 5.38. The smallest absolute Gasteiger partial charge is 0.387 e.